The first-order valence-electron chi connectivity index (χ1n) is 11.1. The third-order valence-electron chi connectivity index (χ3n) is 6.00. The van der Waals surface area contributed by atoms with E-state index in [1.807, 2.05) is 56.3 Å². The van der Waals surface area contributed by atoms with Crippen molar-refractivity contribution in [1.29, 1.82) is 0 Å². The summed E-state index contributed by atoms with van der Waals surface area (Å²) in [6.45, 7) is 2.97. The van der Waals surface area contributed by atoms with Gasteiger partial charge in [-0.2, -0.15) is 5.10 Å². The zero-order valence-corrected chi connectivity index (χ0v) is 20.2. The van der Waals surface area contributed by atoms with Crippen molar-refractivity contribution in [3.8, 4) is 5.69 Å². The summed E-state index contributed by atoms with van der Waals surface area (Å²) in [5.41, 5.74) is 2.68. The molecule has 0 aliphatic carbocycles. The normalized spacial score (nSPS) is 17.7. The Kier molecular flexibility index (Phi) is 6.86. The van der Waals surface area contributed by atoms with E-state index in [9.17, 15) is 14.7 Å². The quantitative estimate of drug-likeness (QED) is 0.312. The first-order chi connectivity index (χ1) is 16.3. The largest absolute Gasteiger partial charge is 0.507 e. The van der Waals surface area contributed by atoms with Crippen molar-refractivity contribution in [3.05, 3.63) is 88.2 Å². The summed E-state index contributed by atoms with van der Waals surface area (Å²) in [5, 5.41) is 16.3. The number of aromatic nitrogens is 2. The van der Waals surface area contributed by atoms with E-state index in [1.165, 1.54) is 11.1 Å². The molecule has 1 atom stereocenters. The molecule has 2 aromatic carbocycles. The summed E-state index contributed by atoms with van der Waals surface area (Å²) in [7, 11) is 3.91. The molecule has 0 spiro atoms. The summed E-state index contributed by atoms with van der Waals surface area (Å²) < 4.78 is 1.69. The van der Waals surface area contributed by atoms with Gasteiger partial charge >= 0.3 is 0 Å². The molecule has 1 aliphatic heterocycles. The van der Waals surface area contributed by atoms with E-state index in [0.717, 1.165) is 12.2 Å². The number of aliphatic hydroxyl groups excluding tert-OH is 1. The van der Waals surface area contributed by atoms with E-state index in [0.29, 0.717) is 34.8 Å². The molecule has 8 heteroatoms. The molecule has 3 aromatic rings. The van der Waals surface area contributed by atoms with Crippen LogP contribution in [0.2, 0.25) is 5.02 Å². The SMILES string of the molecule is Cc1c(C(O)=C2C(=O)C(=O)N(CCCN(C)C)[C@H]2c2ccc(Cl)cc2)cnn1-c1ccccc1. The number of rotatable bonds is 7. The van der Waals surface area contributed by atoms with Gasteiger partial charge in [-0.25, -0.2) is 4.68 Å². The van der Waals surface area contributed by atoms with Gasteiger partial charge in [-0.15, -0.1) is 0 Å². The van der Waals surface area contributed by atoms with E-state index >= 15 is 0 Å². The molecule has 1 saturated heterocycles. The zero-order valence-electron chi connectivity index (χ0n) is 19.4. The number of nitrogens with zero attached hydrogens (tertiary/aromatic N) is 4. The van der Waals surface area contributed by atoms with E-state index < -0.39 is 17.7 Å². The summed E-state index contributed by atoms with van der Waals surface area (Å²) in [6.07, 6.45) is 2.21. The zero-order chi connectivity index (χ0) is 24.4. The maximum absolute atomic E-state index is 13.2. The Morgan fingerprint density at radius 1 is 1.09 bits per heavy atom. The second kappa shape index (κ2) is 9.83. The van der Waals surface area contributed by atoms with E-state index in [1.54, 1.807) is 28.9 Å². The monoisotopic (exact) mass is 478 g/mol. The van der Waals surface area contributed by atoms with Gasteiger partial charge in [0.25, 0.3) is 11.7 Å². The lowest BCUT2D eigenvalue weighted by molar-refractivity contribution is -0.139. The van der Waals surface area contributed by atoms with Gasteiger partial charge in [0.1, 0.15) is 5.76 Å². The van der Waals surface area contributed by atoms with Crippen LogP contribution < -0.4 is 0 Å². The van der Waals surface area contributed by atoms with Gasteiger partial charge in [0.2, 0.25) is 0 Å². The molecule has 7 nitrogen and oxygen atoms in total. The number of halogens is 1. The van der Waals surface area contributed by atoms with Crippen molar-refractivity contribution in [2.75, 3.05) is 27.2 Å². The number of ketones is 1. The molecule has 1 fully saturated rings. The van der Waals surface area contributed by atoms with E-state index in [2.05, 4.69) is 5.10 Å². The van der Waals surface area contributed by atoms with E-state index in [-0.39, 0.29) is 11.3 Å². The van der Waals surface area contributed by atoms with Crippen LogP contribution >= 0.6 is 11.6 Å². The van der Waals surface area contributed by atoms with Crippen molar-refractivity contribution in [3.63, 3.8) is 0 Å². The molecule has 1 N–H and O–H groups in total. The first kappa shape index (κ1) is 23.7. The summed E-state index contributed by atoms with van der Waals surface area (Å²) >= 11 is 6.08. The minimum absolute atomic E-state index is 0.0629. The number of para-hydroxylation sites is 1. The minimum atomic E-state index is -0.709. The van der Waals surface area contributed by atoms with Crippen LogP contribution in [0.3, 0.4) is 0 Å². The molecule has 0 unspecified atom stereocenters. The highest BCUT2D eigenvalue weighted by molar-refractivity contribution is 6.46. The predicted molar refractivity (Wildman–Crippen MR) is 132 cm³/mol. The highest BCUT2D eigenvalue weighted by Gasteiger charge is 2.46. The lowest BCUT2D eigenvalue weighted by atomic mass is 9.95. The lowest BCUT2D eigenvalue weighted by Crippen LogP contribution is -2.32. The van der Waals surface area contributed by atoms with Crippen LogP contribution in [-0.4, -0.2) is 63.6 Å². The molecular formula is C26H27ClN4O3. The van der Waals surface area contributed by atoms with Gasteiger partial charge in [0.15, 0.2) is 0 Å². The molecule has 0 bridgehead atoms. The topological polar surface area (TPSA) is 78.7 Å². The van der Waals surface area contributed by atoms with Crippen LogP contribution in [-0.2, 0) is 9.59 Å². The Balaban J connectivity index is 1.80. The smallest absolute Gasteiger partial charge is 0.295 e. The van der Waals surface area contributed by atoms with Crippen molar-refractivity contribution in [1.82, 2.24) is 19.6 Å². The van der Waals surface area contributed by atoms with Gasteiger partial charge in [-0.1, -0.05) is 41.9 Å². The Morgan fingerprint density at radius 2 is 1.76 bits per heavy atom. The third-order valence-corrected chi connectivity index (χ3v) is 6.25. The third kappa shape index (κ3) is 4.49. The second-order valence-corrected chi connectivity index (χ2v) is 9.03. The van der Waals surface area contributed by atoms with Gasteiger partial charge in [0, 0.05) is 11.6 Å². The minimum Gasteiger partial charge on any atom is -0.507 e. The molecule has 0 radical (unpaired) electrons. The number of carbonyl (C=O) groups is 2. The maximum atomic E-state index is 13.2. The summed E-state index contributed by atoms with van der Waals surface area (Å²) in [6, 6.07) is 15.8. The molecule has 1 amide bonds. The fourth-order valence-corrected chi connectivity index (χ4v) is 4.40. The van der Waals surface area contributed by atoms with Crippen LogP contribution in [0.25, 0.3) is 11.4 Å². The number of hydrogen-bond donors (Lipinski definition) is 1. The van der Waals surface area contributed by atoms with Crippen molar-refractivity contribution in [2.24, 2.45) is 0 Å². The predicted octanol–water partition coefficient (Wildman–Crippen LogP) is 4.21. The van der Waals surface area contributed by atoms with Crippen LogP contribution in [0.5, 0.6) is 0 Å². The first-order valence-corrected chi connectivity index (χ1v) is 11.5. The van der Waals surface area contributed by atoms with Gasteiger partial charge in [-0.05, 0) is 63.8 Å². The maximum Gasteiger partial charge on any atom is 0.295 e. The number of amides is 1. The average Bonchev–Trinajstić information content (AvgIpc) is 3.32. The molecule has 176 valence electrons. The van der Waals surface area contributed by atoms with Gasteiger partial charge in [0.05, 0.1) is 34.8 Å². The Morgan fingerprint density at radius 3 is 2.41 bits per heavy atom. The summed E-state index contributed by atoms with van der Waals surface area (Å²) in [5.74, 6) is -1.55. The summed E-state index contributed by atoms with van der Waals surface area (Å²) in [4.78, 5) is 29.8. The molecule has 34 heavy (non-hydrogen) atoms. The highest BCUT2D eigenvalue weighted by atomic mass is 35.5. The number of aliphatic hydroxyl groups is 1. The van der Waals surface area contributed by atoms with E-state index in [4.69, 9.17) is 11.6 Å². The number of hydrogen-bond acceptors (Lipinski definition) is 5. The van der Waals surface area contributed by atoms with Crippen molar-refractivity contribution < 1.29 is 14.7 Å². The average molecular weight is 479 g/mol. The highest BCUT2D eigenvalue weighted by Crippen LogP contribution is 2.40. The standard InChI is InChI=1S/C26H27ClN4O3/c1-17-21(16-28-31(17)20-8-5-4-6-9-20)24(32)22-23(18-10-12-19(27)13-11-18)30(26(34)25(22)33)15-7-14-29(2)3/h4-6,8-13,16,23,32H,7,14-15H2,1-3H3/t23-/m0/s1. The number of likely N-dealkylation sites (tertiary alicyclic amines) is 1. The van der Waals surface area contributed by atoms with Crippen LogP contribution in [0.1, 0.15) is 29.3 Å². The fourth-order valence-electron chi connectivity index (χ4n) is 4.28. The molecule has 2 heterocycles. The Labute approximate surface area is 203 Å². The number of carbonyl (C=O) groups excluding carboxylic acids is 2. The molecule has 4 rings (SSSR count). The molecule has 0 saturated carbocycles. The fraction of sp³-hybridized carbons (Fsp3) is 0.269. The Hall–Kier alpha value is -3.42. The van der Waals surface area contributed by atoms with Crippen LogP contribution in [0.4, 0.5) is 0 Å². The van der Waals surface area contributed by atoms with Crippen molar-refractivity contribution >= 4 is 29.1 Å². The lowest BCUT2D eigenvalue weighted by Gasteiger charge is -2.26. The van der Waals surface area contributed by atoms with Gasteiger partial charge in [-0.3, -0.25) is 9.59 Å². The van der Waals surface area contributed by atoms with Gasteiger partial charge < -0.3 is 14.9 Å². The van der Waals surface area contributed by atoms with Crippen LogP contribution in [0, 0.1) is 6.92 Å². The van der Waals surface area contributed by atoms with Crippen molar-refractivity contribution in [2.45, 2.75) is 19.4 Å². The molecule has 1 aliphatic rings. The number of benzene rings is 2. The molecule has 1 aromatic heterocycles. The van der Waals surface area contributed by atoms with Crippen LogP contribution in [0.15, 0.2) is 66.4 Å². The number of Topliss-reactive ketones (excluding diaryl/α,β-unsaturated/α-hetero) is 1. The Bertz CT molecular complexity index is 1230. The molecular weight excluding hydrogens is 452 g/mol. The second-order valence-electron chi connectivity index (χ2n) is 8.59.